The predicted octanol–water partition coefficient (Wildman–Crippen LogP) is 2.62. The van der Waals surface area contributed by atoms with Crippen LogP contribution in [0, 0.1) is 0 Å². The van der Waals surface area contributed by atoms with Gasteiger partial charge in [0.05, 0.1) is 12.4 Å². The SMILES string of the molecule is CCSc1cncc(N(C)Cc2ccncc2)n1. The van der Waals surface area contributed by atoms with Crippen LogP contribution in [-0.2, 0) is 6.54 Å². The molecule has 18 heavy (non-hydrogen) atoms. The van der Waals surface area contributed by atoms with Crippen LogP contribution < -0.4 is 4.90 Å². The molecule has 0 unspecified atom stereocenters. The van der Waals surface area contributed by atoms with E-state index < -0.39 is 0 Å². The first-order valence-corrected chi connectivity index (χ1v) is 6.83. The van der Waals surface area contributed by atoms with Gasteiger partial charge in [-0.2, -0.15) is 0 Å². The first-order valence-electron chi connectivity index (χ1n) is 5.84. The molecular formula is C13H16N4S. The summed E-state index contributed by atoms with van der Waals surface area (Å²) in [6.07, 6.45) is 7.20. The third-order valence-electron chi connectivity index (χ3n) is 2.45. The van der Waals surface area contributed by atoms with Crippen LogP contribution in [0.2, 0.25) is 0 Å². The van der Waals surface area contributed by atoms with Gasteiger partial charge in [-0.3, -0.25) is 9.97 Å². The van der Waals surface area contributed by atoms with Crippen molar-refractivity contribution in [1.29, 1.82) is 0 Å². The average molecular weight is 260 g/mol. The Bertz CT molecular complexity index is 489. The molecule has 0 spiro atoms. The second kappa shape index (κ2) is 6.35. The Morgan fingerprint density at radius 1 is 1.17 bits per heavy atom. The second-order valence-corrected chi connectivity index (χ2v) is 5.14. The van der Waals surface area contributed by atoms with Crippen molar-refractivity contribution in [3.63, 3.8) is 0 Å². The number of thioether (sulfide) groups is 1. The van der Waals surface area contributed by atoms with Crippen molar-refractivity contribution in [3.8, 4) is 0 Å². The summed E-state index contributed by atoms with van der Waals surface area (Å²) >= 11 is 1.70. The van der Waals surface area contributed by atoms with Gasteiger partial charge in [0.1, 0.15) is 10.8 Å². The second-order valence-electron chi connectivity index (χ2n) is 3.86. The van der Waals surface area contributed by atoms with E-state index >= 15 is 0 Å². The van der Waals surface area contributed by atoms with Gasteiger partial charge in [0.2, 0.25) is 0 Å². The number of hydrogen-bond donors (Lipinski definition) is 0. The average Bonchev–Trinajstić information content (AvgIpc) is 2.40. The summed E-state index contributed by atoms with van der Waals surface area (Å²) in [6.45, 7) is 2.91. The minimum Gasteiger partial charge on any atom is -0.354 e. The van der Waals surface area contributed by atoms with E-state index in [1.54, 1.807) is 36.5 Å². The first-order chi connectivity index (χ1) is 8.79. The highest BCUT2D eigenvalue weighted by atomic mass is 32.2. The maximum absolute atomic E-state index is 4.57. The van der Waals surface area contributed by atoms with Gasteiger partial charge in [0, 0.05) is 26.0 Å². The van der Waals surface area contributed by atoms with Crippen LogP contribution in [0.25, 0.3) is 0 Å². The zero-order chi connectivity index (χ0) is 12.8. The lowest BCUT2D eigenvalue weighted by Gasteiger charge is -2.18. The van der Waals surface area contributed by atoms with E-state index in [0.717, 1.165) is 23.1 Å². The Morgan fingerprint density at radius 3 is 2.67 bits per heavy atom. The zero-order valence-electron chi connectivity index (χ0n) is 10.6. The van der Waals surface area contributed by atoms with E-state index in [-0.39, 0.29) is 0 Å². The van der Waals surface area contributed by atoms with Crippen molar-refractivity contribution in [3.05, 3.63) is 42.5 Å². The van der Waals surface area contributed by atoms with Crippen molar-refractivity contribution in [1.82, 2.24) is 15.0 Å². The smallest absolute Gasteiger partial charge is 0.148 e. The third kappa shape index (κ3) is 3.43. The van der Waals surface area contributed by atoms with Crippen LogP contribution >= 0.6 is 11.8 Å². The minimum atomic E-state index is 0.803. The molecule has 0 bridgehead atoms. The number of anilines is 1. The summed E-state index contributed by atoms with van der Waals surface area (Å²) in [5.41, 5.74) is 1.21. The van der Waals surface area contributed by atoms with E-state index in [4.69, 9.17) is 0 Å². The molecule has 0 aromatic carbocycles. The highest BCUT2D eigenvalue weighted by Crippen LogP contribution is 2.18. The highest BCUT2D eigenvalue weighted by Gasteiger charge is 2.05. The molecule has 5 heteroatoms. The minimum absolute atomic E-state index is 0.803. The number of nitrogens with zero attached hydrogens (tertiary/aromatic N) is 4. The Morgan fingerprint density at radius 2 is 1.94 bits per heavy atom. The summed E-state index contributed by atoms with van der Waals surface area (Å²) in [6, 6.07) is 4.02. The number of rotatable bonds is 5. The topological polar surface area (TPSA) is 41.9 Å². The summed E-state index contributed by atoms with van der Waals surface area (Å²) in [5.74, 6) is 1.90. The van der Waals surface area contributed by atoms with E-state index in [0.29, 0.717) is 0 Å². The molecular weight excluding hydrogens is 244 g/mol. The number of hydrogen-bond acceptors (Lipinski definition) is 5. The van der Waals surface area contributed by atoms with Crippen molar-refractivity contribution in [2.75, 3.05) is 17.7 Å². The largest absolute Gasteiger partial charge is 0.354 e. The molecule has 0 saturated heterocycles. The van der Waals surface area contributed by atoms with Crippen LogP contribution in [0.4, 0.5) is 5.82 Å². The molecule has 2 rings (SSSR count). The lowest BCUT2D eigenvalue weighted by atomic mass is 10.2. The monoisotopic (exact) mass is 260 g/mol. The normalized spacial score (nSPS) is 10.3. The lowest BCUT2D eigenvalue weighted by molar-refractivity contribution is 0.868. The summed E-state index contributed by atoms with van der Waals surface area (Å²) in [4.78, 5) is 14.9. The van der Waals surface area contributed by atoms with E-state index in [1.807, 2.05) is 19.2 Å². The lowest BCUT2D eigenvalue weighted by Crippen LogP contribution is -2.18. The summed E-state index contributed by atoms with van der Waals surface area (Å²) < 4.78 is 0. The van der Waals surface area contributed by atoms with Gasteiger partial charge in [0.25, 0.3) is 0 Å². The molecule has 0 radical (unpaired) electrons. The van der Waals surface area contributed by atoms with Crippen molar-refractivity contribution in [2.45, 2.75) is 18.5 Å². The molecule has 2 heterocycles. The Labute approximate surface area is 111 Å². The summed E-state index contributed by atoms with van der Waals surface area (Å²) in [5, 5.41) is 0.969. The molecule has 0 saturated carbocycles. The molecule has 0 aliphatic rings. The molecule has 0 amide bonds. The molecule has 0 N–H and O–H groups in total. The molecule has 2 aromatic rings. The van der Waals surface area contributed by atoms with Crippen molar-refractivity contribution in [2.24, 2.45) is 0 Å². The predicted molar refractivity (Wildman–Crippen MR) is 74.8 cm³/mol. The quantitative estimate of drug-likeness (QED) is 0.773. The fourth-order valence-electron chi connectivity index (χ4n) is 1.58. The van der Waals surface area contributed by atoms with E-state index in [9.17, 15) is 0 Å². The molecule has 0 aliphatic carbocycles. The zero-order valence-corrected chi connectivity index (χ0v) is 11.4. The van der Waals surface area contributed by atoms with Gasteiger partial charge >= 0.3 is 0 Å². The van der Waals surface area contributed by atoms with Gasteiger partial charge in [-0.05, 0) is 23.4 Å². The van der Waals surface area contributed by atoms with Crippen molar-refractivity contribution >= 4 is 17.6 Å². The fraction of sp³-hybridized carbons (Fsp3) is 0.308. The van der Waals surface area contributed by atoms with Gasteiger partial charge in [-0.1, -0.05) is 6.92 Å². The van der Waals surface area contributed by atoms with Gasteiger partial charge in [0.15, 0.2) is 0 Å². The molecule has 0 atom stereocenters. The molecule has 4 nitrogen and oxygen atoms in total. The Hall–Kier alpha value is -1.62. The van der Waals surface area contributed by atoms with Crippen LogP contribution in [0.3, 0.4) is 0 Å². The third-order valence-corrected chi connectivity index (χ3v) is 3.23. The van der Waals surface area contributed by atoms with Crippen LogP contribution in [0.1, 0.15) is 12.5 Å². The van der Waals surface area contributed by atoms with Gasteiger partial charge in [-0.15, -0.1) is 11.8 Å². The van der Waals surface area contributed by atoms with Gasteiger partial charge in [-0.25, -0.2) is 4.98 Å². The molecule has 94 valence electrons. The van der Waals surface area contributed by atoms with Crippen LogP contribution in [0.5, 0.6) is 0 Å². The molecule has 2 aromatic heterocycles. The summed E-state index contributed by atoms with van der Waals surface area (Å²) in [7, 11) is 2.02. The highest BCUT2D eigenvalue weighted by molar-refractivity contribution is 7.99. The number of aromatic nitrogens is 3. The Kier molecular flexibility index (Phi) is 4.52. The van der Waals surface area contributed by atoms with Crippen molar-refractivity contribution < 1.29 is 0 Å². The van der Waals surface area contributed by atoms with Crippen LogP contribution in [-0.4, -0.2) is 27.8 Å². The maximum Gasteiger partial charge on any atom is 0.148 e. The Balaban J connectivity index is 2.08. The van der Waals surface area contributed by atoms with Gasteiger partial charge < -0.3 is 4.90 Å². The first kappa shape index (κ1) is 12.8. The number of pyridine rings is 1. The maximum atomic E-state index is 4.57. The molecule has 0 fully saturated rings. The molecule has 0 aliphatic heterocycles. The fourth-order valence-corrected chi connectivity index (χ4v) is 2.17. The standard InChI is InChI=1S/C13H16N4S/c1-3-18-13-9-15-8-12(16-13)17(2)10-11-4-6-14-7-5-11/h4-9H,3,10H2,1-2H3. The van der Waals surface area contributed by atoms with E-state index in [1.165, 1.54) is 5.56 Å². The van der Waals surface area contributed by atoms with Crippen LogP contribution in [0.15, 0.2) is 41.9 Å². The van der Waals surface area contributed by atoms with E-state index in [2.05, 4.69) is 26.8 Å².